The van der Waals surface area contributed by atoms with Crippen molar-refractivity contribution in [2.45, 2.75) is 18.8 Å². The number of hydrogen-bond acceptors (Lipinski definition) is 3. The van der Waals surface area contributed by atoms with E-state index in [2.05, 4.69) is 16.8 Å². The van der Waals surface area contributed by atoms with Gasteiger partial charge in [0, 0.05) is 23.7 Å². The highest BCUT2D eigenvalue weighted by molar-refractivity contribution is 7.07. The minimum absolute atomic E-state index is 0.120. The molecule has 3 nitrogen and oxygen atoms in total. The predicted molar refractivity (Wildman–Crippen MR) is 87.2 cm³/mol. The van der Waals surface area contributed by atoms with Crippen LogP contribution in [0.2, 0.25) is 5.02 Å². The third kappa shape index (κ3) is 4.84. The van der Waals surface area contributed by atoms with Crippen LogP contribution in [0, 0.1) is 0 Å². The first-order valence-corrected chi connectivity index (χ1v) is 8.19. The van der Waals surface area contributed by atoms with Crippen LogP contribution in [-0.4, -0.2) is 24.2 Å². The van der Waals surface area contributed by atoms with E-state index in [-0.39, 0.29) is 18.4 Å². The van der Waals surface area contributed by atoms with Gasteiger partial charge in [-0.25, -0.2) is 0 Å². The number of hydrogen-bond donors (Lipinski definition) is 2. The summed E-state index contributed by atoms with van der Waals surface area (Å²) < 4.78 is 0. The Morgan fingerprint density at radius 3 is 2.86 bits per heavy atom. The smallest absolute Gasteiger partial charge is 0.251 e. The lowest BCUT2D eigenvalue weighted by Crippen LogP contribution is -2.25. The van der Waals surface area contributed by atoms with Crippen LogP contribution >= 0.6 is 22.9 Å². The van der Waals surface area contributed by atoms with Crippen LogP contribution in [0.1, 0.15) is 34.7 Å². The first-order valence-electron chi connectivity index (χ1n) is 6.87. The van der Waals surface area contributed by atoms with Gasteiger partial charge in [-0.15, -0.1) is 0 Å². The van der Waals surface area contributed by atoms with Gasteiger partial charge in [0.25, 0.3) is 5.91 Å². The molecule has 0 radical (unpaired) electrons. The average molecular weight is 324 g/mol. The van der Waals surface area contributed by atoms with Crippen molar-refractivity contribution in [3.05, 3.63) is 57.2 Å². The Kier molecular flexibility index (Phi) is 6.23. The number of thiophene rings is 1. The lowest BCUT2D eigenvalue weighted by atomic mass is 9.95. The van der Waals surface area contributed by atoms with E-state index >= 15 is 0 Å². The third-order valence-corrected chi connectivity index (χ3v) is 4.29. The van der Waals surface area contributed by atoms with Crippen LogP contribution in [0.4, 0.5) is 0 Å². The summed E-state index contributed by atoms with van der Waals surface area (Å²) in [6.45, 7) is 0.731. The van der Waals surface area contributed by atoms with Crippen LogP contribution in [0.25, 0.3) is 0 Å². The summed E-state index contributed by atoms with van der Waals surface area (Å²) >= 11 is 7.52. The number of rotatable bonds is 7. The Morgan fingerprint density at radius 2 is 2.19 bits per heavy atom. The molecule has 1 amide bonds. The molecule has 1 heterocycles. The molecule has 2 aromatic rings. The van der Waals surface area contributed by atoms with Crippen molar-refractivity contribution < 1.29 is 9.90 Å². The van der Waals surface area contributed by atoms with Crippen molar-refractivity contribution in [1.82, 2.24) is 5.32 Å². The summed E-state index contributed by atoms with van der Waals surface area (Å²) in [6, 6.07) is 8.97. The average Bonchev–Trinajstić information content (AvgIpc) is 3.00. The van der Waals surface area contributed by atoms with Gasteiger partial charge in [0.1, 0.15) is 0 Å². The topological polar surface area (TPSA) is 49.3 Å². The van der Waals surface area contributed by atoms with Gasteiger partial charge in [-0.3, -0.25) is 4.79 Å². The van der Waals surface area contributed by atoms with Crippen molar-refractivity contribution >= 4 is 28.8 Å². The first-order chi connectivity index (χ1) is 10.2. The number of aliphatic hydroxyl groups excluding tert-OH is 1. The van der Waals surface area contributed by atoms with E-state index in [0.717, 1.165) is 6.42 Å². The quantitative estimate of drug-likeness (QED) is 0.816. The number of nitrogens with one attached hydrogen (secondary N) is 1. The van der Waals surface area contributed by atoms with Crippen molar-refractivity contribution in [3.63, 3.8) is 0 Å². The Bertz CT molecular complexity index is 571. The minimum atomic E-state index is -0.120. The second kappa shape index (κ2) is 8.17. The summed E-state index contributed by atoms with van der Waals surface area (Å²) in [5.74, 6) is 0.159. The van der Waals surface area contributed by atoms with Gasteiger partial charge in [0.15, 0.2) is 0 Å². The summed E-state index contributed by atoms with van der Waals surface area (Å²) in [7, 11) is 0. The first kappa shape index (κ1) is 16.0. The van der Waals surface area contributed by atoms with Gasteiger partial charge in [0.2, 0.25) is 0 Å². The molecule has 0 aliphatic rings. The minimum Gasteiger partial charge on any atom is -0.396 e. The summed E-state index contributed by atoms with van der Waals surface area (Å²) in [5, 5.41) is 16.7. The van der Waals surface area contributed by atoms with Crippen LogP contribution in [0.3, 0.4) is 0 Å². The molecule has 1 unspecified atom stereocenters. The molecule has 0 spiro atoms. The molecule has 1 aromatic carbocycles. The van der Waals surface area contributed by atoms with E-state index in [4.69, 9.17) is 16.7 Å². The van der Waals surface area contributed by atoms with E-state index in [0.29, 0.717) is 23.6 Å². The molecule has 1 atom stereocenters. The number of carbonyl (C=O) groups is 1. The summed E-state index contributed by atoms with van der Waals surface area (Å²) in [5.41, 5.74) is 1.79. The molecular weight excluding hydrogens is 306 g/mol. The molecule has 0 saturated heterocycles. The fraction of sp³-hybridized carbons (Fsp3) is 0.312. The van der Waals surface area contributed by atoms with E-state index in [1.54, 1.807) is 35.6 Å². The summed E-state index contributed by atoms with van der Waals surface area (Å²) in [6.07, 6.45) is 1.52. The molecular formula is C16H18ClNO2S. The van der Waals surface area contributed by atoms with Crippen molar-refractivity contribution in [2.75, 3.05) is 13.2 Å². The number of halogens is 1. The van der Waals surface area contributed by atoms with Gasteiger partial charge in [-0.2, -0.15) is 11.3 Å². The Labute approximate surface area is 133 Å². The number of benzene rings is 1. The van der Waals surface area contributed by atoms with Crippen molar-refractivity contribution in [3.8, 4) is 0 Å². The highest BCUT2D eigenvalue weighted by Gasteiger charge is 2.12. The maximum Gasteiger partial charge on any atom is 0.251 e. The molecule has 112 valence electrons. The Morgan fingerprint density at radius 1 is 1.33 bits per heavy atom. The predicted octanol–water partition coefficient (Wildman–Crippen LogP) is 3.69. The maximum atomic E-state index is 12.0. The van der Waals surface area contributed by atoms with Crippen molar-refractivity contribution in [1.29, 1.82) is 0 Å². The standard InChI is InChI=1S/C16H18ClNO2S/c17-15-3-1-2-13(10-15)16(20)18-7-4-12(5-8-19)14-6-9-21-11-14/h1-3,6,9-12,19H,4-5,7-8H2,(H,18,20). The van der Waals surface area contributed by atoms with E-state index in [1.807, 2.05) is 5.38 Å². The van der Waals surface area contributed by atoms with Crippen LogP contribution in [0.5, 0.6) is 0 Å². The second-order valence-corrected chi connectivity index (χ2v) is 6.04. The van der Waals surface area contributed by atoms with Crippen LogP contribution in [-0.2, 0) is 0 Å². The third-order valence-electron chi connectivity index (χ3n) is 3.36. The Hall–Kier alpha value is -1.36. The zero-order valence-electron chi connectivity index (χ0n) is 11.6. The number of aliphatic hydroxyl groups is 1. The molecule has 0 saturated carbocycles. The van der Waals surface area contributed by atoms with E-state index < -0.39 is 0 Å². The van der Waals surface area contributed by atoms with E-state index in [9.17, 15) is 4.79 Å². The zero-order valence-corrected chi connectivity index (χ0v) is 13.2. The lowest BCUT2D eigenvalue weighted by Gasteiger charge is -2.15. The normalized spacial score (nSPS) is 12.1. The Balaban J connectivity index is 1.86. The molecule has 0 bridgehead atoms. The van der Waals surface area contributed by atoms with Crippen LogP contribution < -0.4 is 5.32 Å². The second-order valence-electron chi connectivity index (χ2n) is 4.82. The zero-order chi connectivity index (χ0) is 15.1. The molecule has 0 fully saturated rings. The van der Waals surface area contributed by atoms with Gasteiger partial charge in [-0.05, 0) is 59.3 Å². The molecule has 2 N–H and O–H groups in total. The molecule has 2 rings (SSSR count). The number of amides is 1. The lowest BCUT2D eigenvalue weighted by molar-refractivity contribution is 0.0952. The van der Waals surface area contributed by atoms with Gasteiger partial charge in [-0.1, -0.05) is 17.7 Å². The van der Waals surface area contributed by atoms with Crippen LogP contribution in [0.15, 0.2) is 41.1 Å². The maximum absolute atomic E-state index is 12.0. The fourth-order valence-corrected chi connectivity index (χ4v) is 3.17. The van der Waals surface area contributed by atoms with E-state index in [1.165, 1.54) is 5.56 Å². The SMILES string of the molecule is O=C(NCCC(CCO)c1ccsc1)c1cccc(Cl)c1. The molecule has 1 aromatic heterocycles. The van der Waals surface area contributed by atoms with Gasteiger partial charge < -0.3 is 10.4 Å². The van der Waals surface area contributed by atoms with Gasteiger partial charge >= 0.3 is 0 Å². The highest BCUT2D eigenvalue weighted by Crippen LogP contribution is 2.24. The molecule has 0 aliphatic heterocycles. The van der Waals surface area contributed by atoms with Crippen molar-refractivity contribution in [2.24, 2.45) is 0 Å². The number of carbonyl (C=O) groups excluding carboxylic acids is 1. The monoisotopic (exact) mass is 323 g/mol. The highest BCUT2D eigenvalue weighted by atomic mass is 35.5. The summed E-state index contributed by atoms with van der Waals surface area (Å²) in [4.78, 5) is 12.0. The molecule has 5 heteroatoms. The molecule has 21 heavy (non-hydrogen) atoms. The fourth-order valence-electron chi connectivity index (χ4n) is 2.23. The van der Waals surface area contributed by atoms with Gasteiger partial charge in [0.05, 0.1) is 0 Å². The largest absolute Gasteiger partial charge is 0.396 e. The molecule has 0 aliphatic carbocycles.